The van der Waals surface area contributed by atoms with E-state index in [1.165, 1.54) is 5.56 Å². The predicted octanol–water partition coefficient (Wildman–Crippen LogP) is 2.22. The summed E-state index contributed by atoms with van der Waals surface area (Å²) in [6, 6.07) is 11.7. The van der Waals surface area contributed by atoms with Gasteiger partial charge in [0.05, 0.1) is 6.54 Å². The molecule has 0 bridgehead atoms. The summed E-state index contributed by atoms with van der Waals surface area (Å²) in [5.41, 5.74) is 8.03. The molecule has 2 saturated heterocycles. The first kappa shape index (κ1) is 19.3. The lowest BCUT2D eigenvalue weighted by Crippen LogP contribution is -2.42. The molecule has 2 atom stereocenters. The Morgan fingerprint density at radius 2 is 1.73 bits per heavy atom. The molecule has 0 saturated carbocycles. The van der Waals surface area contributed by atoms with Crippen molar-refractivity contribution in [3.8, 4) is 0 Å². The Balaban J connectivity index is 1.39. The Kier molecular flexibility index (Phi) is 6.68. The lowest BCUT2D eigenvalue weighted by atomic mass is 9.89. The number of piperidine rings is 1. The van der Waals surface area contributed by atoms with Crippen molar-refractivity contribution in [2.45, 2.75) is 51.1 Å². The van der Waals surface area contributed by atoms with Crippen LogP contribution in [0.15, 0.2) is 30.3 Å². The van der Waals surface area contributed by atoms with E-state index >= 15 is 0 Å². The van der Waals surface area contributed by atoms with E-state index in [4.69, 9.17) is 0 Å². The zero-order valence-corrected chi connectivity index (χ0v) is 16.4. The van der Waals surface area contributed by atoms with Crippen molar-refractivity contribution in [3.05, 3.63) is 35.9 Å². The van der Waals surface area contributed by atoms with Crippen LogP contribution in [0.4, 0.5) is 0 Å². The van der Waals surface area contributed by atoms with Gasteiger partial charge in [0.25, 0.3) is 0 Å². The van der Waals surface area contributed by atoms with Gasteiger partial charge in [0.1, 0.15) is 0 Å². The maximum atomic E-state index is 12.6. The number of benzene rings is 1. The summed E-state index contributed by atoms with van der Waals surface area (Å²) in [7, 11) is 1.95. The number of nitrogens with zero attached hydrogens (tertiary/aromatic N) is 2. The van der Waals surface area contributed by atoms with Crippen molar-refractivity contribution < 1.29 is 4.79 Å². The van der Waals surface area contributed by atoms with Crippen molar-refractivity contribution in [3.63, 3.8) is 0 Å². The van der Waals surface area contributed by atoms with Gasteiger partial charge in [-0.3, -0.25) is 20.5 Å². The molecule has 2 N–H and O–H groups in total. The number of hydrogen-bond donors (Lipinski definition) is 2. The van der Waals surface area contributed by atoms with E-state index < -0.39 is 0 Å². The first-order valence-electron chi connectivity index (χ1n) is 10.1. The van der Waals surface area contributed by atoms with Crippen LogP contribution in [0.5, 0.6) is 0 Å². The van der Waals surface area contributed by atoms with Crippen LogP contribution in [-0.2, 0) is 4.79 Å². The summed E-state index contributed by atoms with van der Waals surface area (Å²) in [5, 5.41) is 0. The van der Waals surface area contributed by atoms with Crippen molar-refractivity contribution in [1.82, 2.24) is 20.7 Å². The zero-order valence-electron chi connectivity index (χ0n) is 16.4. The Labute approximate surface area is 158 Å². The number of rotatable bonds is 6. The van der Waals surface area contributed by atoms with E-state index in [1.807, 2.05) is 11.9 Å². The Hall–Kier alpha value is -1.43. The van der Waals surface area contributed by atoms with Crippen LogP contribution in [0.3, 0.4) is 0 Å². The SMILES string of the molecule is CC1NNC(C)C1CCN(C)C(=O)CN1CCC(c2ccccc2)CC1. The van der Waals surface area contributed by atoms with Crippen LogP contribution in [0.25, 0.3) is 0 Å². The lowest BCUT2D eigenvalue weighted by molar-refractivity contribution is -0.131. The molecule has 1 amide bonds. The Morgan fingerprint density at radius 1 is 1.12 bits per heavy atom. The van der Waals surface area contributed by atoms with Crippen molar-refractivity contribution in [2.24, 2.45) is 5.92 Å². The van der Waals surface area contributed by atoms with Crippen molar-refractivity contribution in [1.29, 1.82) is 0 Å². The summed E-state index contributed by atoms with van der Waals surface area (Å²) >= 11 is 0. The number of hydrogen-bond acceptors (Lipinski definition) is 4. The fourth-order valence-corrected chi connectivity index (χ4v) is 4.34. The van der Waals surface area contributed by atoms with Crippen molar-refractivity contribution in [2.75, 3.05) is 33.2 Å². The monoisotopic (exact) mass is 358 g/mol. The van der Waals surface area contributed by atoms with Crippen LogP contribution in [0.1, 0.15) is 44.6 Å². The molecule has 2 heterocycles. The van der Waals surface area contributed by atoms with Gasteiger partial charge in [-0.1, -0.05) is 30.3 Å². The summed E-state index contributed by atoms with van der Waals surface area (Å²) in [5.74, 6) is 1.47. The number of hydrazine groups is 1. The van der Waals surface area contributed by atoms with Crippen LogP contribution in [0, 0.1) is 5.92 Å². The summed E-state index contributed by atoms with van der Waals surface area (Å²) in [6.07, 6.45) is 3.34. The van der Waals surface area contributed by atoms with Gasteiger partial charge < -0.3 is 4.90 Å². The van der Waals surface area contributed by atoms with E-state index in [2.05, 4.69) is 59.9 Å². The van der Waals surface area contributed by atoms with Gasteiger partial charge in [0.2, 0.25) is 5.91 Å². The molecule has 3 rings (SSSR count). The first-order valence-corrected chi connectivity index (χ1v) is 10.1. The zero-order chi connectivity index (χ0) is 18.5. The molecule has 0 radical (unpaired) electrons. The number of likely N-dealkylation sites (tertiary alicyclic amines) is 1. The lowest BCUT2D eigenvalue weighted by Gasteiger charge is -2.33. The van der Waals surface area contributed by atoms with Gasteiger partial charge >= 0.3 is 0 Å². The van der Waals surface area contributed by atoms with E-state index in [1.54, 1.807) is 0 Å². The van der Waals surface area contributed by atoms with E-state index in [9.17, 15) is 4.79 Å². The highest BCUT2D eigenvalue weighted by molar-refractivity contribution is 5.78. The molecule has 0 aromatic heterocycles. The average Bonchev–Trinajstić information content (AvgIpc) is 2.99. The maximum absolute atomic E-state index is 12.6. The smallest absolute Gasteiger partial charge is 0.236 e. The van der Waals surface area contributed by atoms with Crippen LogP contribution in [-0.4, -0.2) is 61.0 Å². The maximum Gasteiger partial charge on any atom is 0.236 e. The largest absolute Gasteiger partial charge is 0.345 e. The fourth-order valence-electron chi connectivity index (χ4n) is 4.34. The molecule has 2 aliphatic heterocycles. The topological polar surface area (TPSA) is 47.6 Å². The molecule has 2 fully saturated rings. The molecule has 2 aliphatic rings. The highest BCUT2D eigenvalue weighted by Crippen LogP contribution is 2.27. The molecule has 5 nitrogen and oxygen atoms in total. The average molecular weight is 359 g/mol. The number of likely N-dealkylation sites (N-methyl/N-ethyl adjacent to an activating group) is 1. The highest BCUT2D eigenvalue weighted by atomic mass is 16.2. The number of amides is 1. The minimum absolute atomic E-state index is 0.252. The van der Waals surface area contributed by atoms with Gasteiger partial charge in [-0.25, -0.2) is 0 Å². The van der Waals surface area contributed by atoms with Crippen molar-refractivity contribution >= 4 is 5.91 Å². The molecule has 0 aliphatic carbocycles. The standard InChI is InChI=1S/C21H34N4O/c1-16-20(17(2)23-22-16)11-12-24(3)21(26)15-25-13-9-19(10-14-25)18-7-5-4-6-8-18/h4-8,16-17,19-20,22-23H,9-15H2,1-3H3. The number of carbonyl (C=O) groups excluding carboxylic acids is 1. The third kappa shape index (κ3) is 4.84. The summed E-state index contributed by atoms with van der Waals surface area (Å²) < 4.78 is 0. The van der Waals surface area contributed by atoms with E-state index in [-0.39, 0.29) is 5.91 Å². The quantitative estimate of drug-likeness (QED) is 0.819. The Morgan fingerprint density at radius 3 is 2.35 bits per heavy atom. The molecule has 1 aromatic carbocycles. The second kappa shape index (κ2) is 8.98. The van der Waals surface area contributed by atoms with E-state index in [0.29, 0.717) is 30.5 Å². The fraction of sp³-hybridized carbons (Fsp3) is 0.667. The molecule has 2 unspecified atom stereocenters. The number of carbonyl (C=O) groups is 1. The molecular formula is C21H34N4O. The number of nitrogens with one attached hydrogen (secondary N) is 2. The third-order valence-electron chi connectivity index (χ3n) is 6.26. The highest BCUT2D eigenvalue weighted by Gasteiger charge is 2.30. The van der Waals surface area contributed by atoms with E-state index in [0.717, 1.165) is 38.9 Å². The van der Waals surface area contributed by atoms with Crippen LogP contribution >= 0.6 is 0 Å². The van der Waals surface area contributed by atoms with Crippen LogP contribution < -0.4 is 10.9 Å². The molecule has 144 valence electrons. The normalized spacial score (nSPS) is 27.6. The van der Waals surface area contributed by atoms with Gasteiger partial charge in [-0.2, -0.15) is 0 Å². The van der Waals surface area contributed by atoms with Gasteiger partial charge in [-0.05, 0) is 63.6 Å². The second-order valence-electron chi connectivity index (χ2n) is 8.09. The summed E-state index contributed by atoms with van der Waals surface area (Å²) in [4.78, 5) is 16.8. The summed E-state index contributed by atoms with van der Waals surface area (Å²) in [6.45, 7) is 7.85. The minimum atomic E-state index is 0.252. The molecule has 5 heteroatoms. The molecule has 26 heavy (non-hydrogen) atoms. The predicted molar refractivity (Wildman–Crippen MR) is 106 cm³/mol. The van der Waals surface area contributed by atoms with Gasteiger partial charge in [0, 0.05) is 25.7 Å². The van der Waals surface area contributed by atoms with Gasteiger partial charge in [0.15, 0.2) is 0 Å². The molecule has 0 spiro atoms. The Bertz CT molecular complexity index is 561. The molecular weight excluding hydrogens is 324 g/mol. The molecule has 1 aromatic rings. The minimum Gasteiger partial charge on any atom is -0.345 e. The van der Waals surface area contributed by atoms with Crippen LogP contribution in [0.2, 0.25) is 0 Å². The third-order valence-corrected chi connectivity index (χ3v) is 6.26. The second-order valence-corrected chi connectivity index (χ2v) is 8.09. The first-order chi connectivity index (χ1) is 12.5. The van der Waals surface area contributed by atoms with Gasteiger partial charge in [-0.15, -0.1) is 0 Å².